The molecule has 1 aliphatic rings. The molecule has 0 bridgehead atoms. The zero-order valence-electron chi connectivity index (χ0n) is 15.7. The van der Waals surface area contributed by atoms with Gasteiger partial charge >= 0.3 is 6.09 Å². The first-order valence-corrected chi connectivity index (χ1v) is 9.14. The Morgan fingerprint density at radius 3 is 2.70 bits per heavy atom. The molecule has 5 heteroatoms. The van der Waals surface area contributed by atoms with E-state index in [4.69, 9.17) is 9.47 Å². The number of hydrogen-bond acceptors (Lipinski definition) is 4. The highest BCUT2D eigenvalue weighted by molar-refractivity contribution is 5.68. The lowest BCUT2D eigenvalue weighted by atomic mass is 10.0. The Morgan fingerprint density at radius 2 is 2.04 bits per heavy atom. The van der Waals surface area contributed by atoms with Gasteiger partial charge in [0.15, 0.2) is 0 Å². The van der Waals surface area contributed by atoms with E-state index in [2.05, 4.69) is 12.2 Å². The predicted molar refractivity (Wildman–Crippen MR) is 93.8 cm³/mol. The van der Waals surface area contributed by atoms with Crippen LogP contribution >= 0.6 is 0 Å². The molecule has 23 heavy (non-hydrogen) atoms. The Balaban J connectivity index is 2.54. The second kappa shape index (κ2) is 10.1. The molecule has 136 valence electrons. The van der Waals surface area contributed by atoms with Crippen molar-refractivity contribution in [2.75, 3.05) is 26.3 Å². The fraction of sp³-hybridized carbons (Fsp3) is 0.944. The van der Waals surface area contributed by atoms with E-state index >= 15 is 0 Å². The Labute approximate surface area is 142 Å². The normalized spacial score (nSPS) is 20.9. The number of amides is 1. The van der Waals surface area contributed by atoms with E-state index in [-0.39, 0.29) is 12.1 Å². The quantitative estimate of drug-likeness (QED) is 0.726. The summed E-state index contributed by atoms with van der Waals surface area (Å²) in [7, 11) is 0. The van der Waals surface area contributed by atoms with Crippen LogP contribution in [0, 0.1) is 0 Å². The molecule has 2 unspecified atom stereocenters. The van der Waals surface area contributed by atoms with E-state index in [1.54, 1.807) is 0 Å². The van der Waals surface area contributed by atoms with Crippen LogP contribution in [0.5, 0.6) is 0 Å². The van der Waals surface area contributed by atoms with E-state index in [0.717, 1.165) is 45.6 Å². The van der Waals surface area contributed by atoms with Gasteiger partial charge in [0.1, 0.15) is 5.60 Å². The van der Waals surface area contributed by atoms with E-state index in [0.29, 0.717) is 6.04 Å². The minimum absolute atomic E-state index is 0.161. The molecular weight excluding hydrogens is 292 g/mol. The van der Waals surface area contributed by atoms with Crippen molar-refractivity contribution >= 4 is 6.09 Å². The van der Waals surface area contributed by atoms with Crippen LogP contribution in [0.2, 0.25) is 0 Å². The number of nitrogens with zero attached hydrogens (tertiary/aromatic N) is 1. The highest BCUT2D eigenvalue weighted by atomic mass is 16.6. The average molecular weight is 328 g/mol. The molecule has 0 spiro atoms. The molecule has 1 N–H and O–H groups in total. The lowest BCUT2D eigenvalue weighted by Gasteiger charge is -2.33. The molecule has 5 nitrogen and oxygen atoms in total. The summed E-state index contributed by atoms with van der Waals surface area (Å²) >= 11 is 0. The summed E-state index contributed by atoms with van der Waals surface area (Å²) in [6, 6.07) is 0.630. The van der Waals surface area contributed by atoms with Gasteiger partial charge < -0.3 is 19.7 Å². The van der Waals surface area contributed by atoms with Crippen LogP contribution in [0.4, 0.5) is 4.79 Å². The van der Waals surface area contributed by atoms with E-state index in [9.17, 15) is 4.79 Å². The first-order chi connectivity index (χ1) is 10.8. The van der Waals surface area contributed by atoms with Crippen LogP contribution in [0.1, 0.15) is 66.7 Å². The van der Waals surface area contributed by atoms with Crippen molar-refractivity contribution in [3.8, 4) is 0 Å². The van der Waals surface area contributed by atoms with Crippen LogP contribution in [0.15, 0.2) is 0 Å². The zero-order valence-corrected chi connectivity index (χ0v) is 15.7. The van der Waals surface area contributed by atoms with Gasteiger partial charge in [-0.2, -0.15) is 0 Å². The highest BCUT2D eigenvalue weighted by Gasteiger charge is 2.30. The molecule has 0 radical (unpaired) electrons. The van der Waals surface area contributed by atoms with E-state index in [1.807, 2.05) is 32.6 Å². The largest absolute Gasteiger partial charge is 0.444 e. The number of likely N-dealkylation sites (tertiary alicyclic amines) is 1. The van der Waals surface area contributed by atoms with Crippen molar-refractivity contribution in [2.45, 2.75) is 84.4 Å². The molecular formula is C18H36N2O3. The summed E-state index contributed by atoms with van der Waals surface area (Å²) < 4.78 is 11.0. The fourth-order valence-corrected chi connectivity index (χ4v) is 3.00. The number of ether oxygens (including phenoxy) is 2. The maximum atomic E-state index is 12.5. The molecule has 1 fully saturated rings. The molecule has 1 rings (SSSR count). The summed E-state index contributed by atoms with van der Waals surface area (Å²) in [5.74, 6) is 0. The Hall–Kier alpha value is -0.810. The molecule has 1 saturated heterocycles. The van der Waals surface area contributed by atoms with Crippen molar-refractivity contribution in [2.24, 2.45) is 0 Å². The van der Waals surface area contributed by atoms with Crippen LogP contribution < -0.4 is 5.32 Å². The van der Waals surface area contributed by atoms with Gasteiger partial charge in [-0.25, -0.2) is 4.79 Å². The Kier molecular flexibility index (Phi) is 8.92. The van der Waals surface area contributed by atoms with Crippen LogP contribution in [0.25, 0.3) is 0 Å². The zero-order chi connectivity index (χ0) is 17.3. The van der Waals surface area contributed by atoms with Crippen molar-refractivity contribution < 1.29 is 14.3 Å². The van der Waals surface area contributed by atoms with Gasteiger partial charge in [0.25, 0.3) is 0 Å². The van der Waals surface area contributed by atoms with Gasteiger partial charge in [-0.3, -0.25) is 0 Å². The number of carbonyl (C=O) groups excluding carboxylic acids is 1. The smallest absolute Gasteiger partial charge is 0.410 e. The first-order valence-electron chi connectivity index (χ1n) is 9.14. The number of carbonyl (C=O) groups is 1. The van der Waals surface area contributed by atoms with Crippen LogP contribution in [-0.4, -0.2) is 55.0 Å². The SMILES string of the molecule is CCOCCNC(C)CC1CCCCCN1C(=O)OC(C)(C)C. The third kappa shape index (κ3) is 8.56. The van der Waals surface area contributed by atoms with Crippen LogP contribution in [-0.2, 0) is 9.47 Å². The molecule has 0 aliphatic carbocycles. The average Bonchev–Trinajstić information content (AvgIpc) is 2.67. The molecule has 1 heterocycles. The highest BCUT2D eigenvalue weighted by Crippen LogP contribution is 2.23. The molecule has 0 saturated carbocycles. The van der Waals surface area contributed by atoms with Gasteiger partial charge in [0.2, 0.25) is 0 Å². The topological polar surface area (TPSA) is 50.8 Å². The van der Waals surface area contributed by atoms with Crippen molar-refractivity contribution in [3.05, 3.63) is 0 Å². The number of rotatable bonds is 7. The molecule has 0 aromatic rings. The summed E-state index contributed by atoms with van der Waals surface area (Å²) in [4.78, 5) is 14.5. The monoisotopic (exact) mass is 328 g/mol. The lowest BCUT2D eigenvalue weighted by molar-refractivity contribution is 0.0149. The summed E-state index contributed by atoms with van der Waals surface area (Å²) in [6.45, 7) is 13.1. The van der Waals surface area contributed by atoms with Crippen molar-refractivity contribution in [3.63, 3.8) is 0 Å². The van der Waals surface area contributed by atoms with Gasteiger partial charge in [-0.05, 0) is 53.9 Å². The third-order valence-corrected chi connectivity index (χ3v) is 4.07. The minimum Gasteiger partial charge on any atom is -0.444 e. The third-order valence-electron chi connectivity index (χ3n) is 4.07. The molecule has 0 aromatic heterocycles. The van der Waals surface area contributed by atoms with Gasteiger partial charge in [0.05, 0.1) is 6.61 Å². The summed E-state index contributed by atoms with van der Waals surface area (Å²) in [5.41, 5.74) is -0.435. The maximum Gasteiger partial charge on any atom is 0.410 e. The van der Waals surface area contributed by atoms with Crippen LogP contribution in [0.3, 0.4) is 0 Å². The van der Waals surface area contributed by atoms with Gasteiger partial charge in [-0.1, -0.05) is 12.8 Å². The van der Waals surface area contributed by atoms with Crippen molar-refractivity contribution in [1.29, 1.82) is 0 Å². The second-order valence-corrected chi connectivity index (χ2v) is 7.46. The number of nitrogens with one attached hydrogen (secondary N) is 1. The Morgan fingerprint density at radius 1 is 1.30 bits per heavy atom. The standard InChI is InChI=1S/C18H36N2O3/c1-6-22-13-11-19-15(2)14-16-10-8-7-9-12-20(16)17(21)23-18(3,4)5/h15-16,19H,6-14H2,1-5H3. The lowest BCUT2D eigenvalue weighted by Crippen LogP contribution is -2.46. The maximum absolute atomic E-state index is 12.5. The fourth-order valence-electron chi connectivity index (χ4n) is 3.00. The first kappa shape index (κ1) is 20.2. The van der Waals surface area contributed by atoms with Gasteiger partial charge in [-0.15, -0.1) is 0 Å². The molecule has 1 amide bonds. The second-order valence-electron chi connectivity index (χ2n) is 7.46. The van der Waals surface area contributed by atoms with E-state index in [1.165, 1.54) is 12.8 Å². The van der Waals surface area contributed by atoms with E-state index < -0.39 is 5.60 Å². The minimum atomic E-state index is -0.435. The molecule has 0 aromatic carbocycles. The predicted octanol–water partition coefficient (Wildman–Crippen LogP) is 3.57. The molecule has 1 aliphatic heterocycles. The van der Waals surface area contributed by atoms with Gasteiger partial charge in [0, 0.05) is 31.8 Å². The summed E-state index contributed by atoms with van der Waals surface area (Å²) in [5, 5.41) is 3.49. The van der Waals surface area contributed by atoms with Crippen molar-refractivity contribution in [1.82, 2.24) is 10.2 Å². The number of hydrogen-bond donors (Lipinski definition) is 1. The molecule has 2 atom stereocenters. The Bertz CT molecular complexity index is 342. The summed E-state index contributed by atoms with van der Waals surface area (Å²) in [6.07, 6.45) is 5.33.